The highest BCUT2D eigenvalue weighted by atomic mass is 15.1. The van der Waals surface area contributed by atoms with E-state index in [1.165, 1.54) is 55.3 Å². The fourth-order valence-electron chi connectivity index (χ4n) is 9.99. The van der Waals surface area contributed by atoms with Gasteiger partial charge in [-0.25, -0.2) is 0 Å². The van der Waals surface area contributed by atoms with Crippen molar-refractivity contribution in [2.24, 2.45) is 0 Å². The smallest absolute Gasteiger partial charge is 0.0892 e. The Hall–Kier alpha value is -8.41. The molecular formula is C60H43N5. The summed E-state index contributed by atoms with van der Waals surface area (Å²) in [4.78, 5) is 16.6. The number of nitrogens with zero attached hydrogens (tertiary/aromatic N) is 5. The first-order chi connectivity index (χ1) is 32.0. The van der Waals surface area contributed by atoms with E-state index in [0.717, 1.165) is 56.3 Å². The van der Waals surface area contributed by atoms with Crippen molar-refractivity contribution in [1.82, 2.24) is 19.5 Å². The van der Waals surface area contributed by atoms with E-state index in [2.05, 4.69) is 216 Å². The van der Waals surface area contributed by atoms with Crippen LogP contribution < -0.4 is 4.90 Å². The average Bonchev–Trinajstić information content (AvgIpc) is 3.82. The van der Waals surface area contributed by atoms with Gasteiger partial charge < -0.3 is 9.47 Å². The number of pyridine rings is 1. The normalized spacial score (nSPS) is 12.6. The van der Waals surface area contributed by atoms with Gasteiger partial charge in [0.15, 0.2) is 0 Å². The van der Waals surface area contributed by atoms with E-state index in [0.29, 0.717) is 0 Å². The van der Waals surface area contributed by atoms with Crippen LogP contribution in [-0.4, -0.2) is 19.5 Å². The van der Waals surface area contributed by atoms with E-state index in [9.17, 15) is 0 Å². The Kier molecular flexibility index (Phi) is 9.09. The minimum absolute atomic E-state index is 0.368. The molecule has 308 valence electrons. The van der Waals surface area contributed by atoms with Gasteiger partial charge in [-0.15, -0.1) is 0 Å². The summed E-state index contributed by atoms with van der Waals surface area (Å²) >= 11 is 0. The van der Waals surface area contributed by atoms with Gasteiger partial charge in [-0.05, 0) is 123 Å². The Labute approximate surface area is 378 Å². The fourth-order valence-corrected chi connectivity index (χ4v) is 9.99. The monoisotopic (exact) mass is 833 g/mol. The van der Waals surface area contributed by atoms with Crippen LogP contribution in [0.1, 0.15) is 25.0 Å². The summed E-state index contributed by atoms with van der Waals surface area (Å²) in [5.74, 6) is 0. The zero-order valence-electron chi connectivity index (χ0n) is 36.1. The molecule has 3 heterocycles. The number of anilines is 3. The molecule has 0 bridgehead atoms. The lowest BCUT2D eigenvalue weighted by atomic mass is 9.81. The number of para-hydroxylation sites is 1. The molecule has 5 nitrogen and oxygen atoms in total. The molecule has 11 aromatic rings. The van der Waals surface area contributed by atoms with E-state index in [4.69, 9.17) is 9.97 Å². The van der Waals surface area contributed by atoms with Crippen LogP contribution in [0.4, 0.5) is 17.1 Å². The molecule has 5 heteroatoms. The Morgan fingerprint density at radius 2 is 1.06 bits per heavy atom. The summed E-state index contributed by atoms with van der Waals surface area (Å²) in [6.45, 7) is 4.73. The first-order valence-corrected chi connectivity index (χ1v) is 22.2. The molecule has 0 saturated heterocycles. The van der Waals surface area contributed by atoms with Crippen molar-refractivity contribution in [2.45, 2.75) is 19.3 Å². The van der Waals surface area contributed by atoms with E-state index >= 15 is 0 Å². The molecule has 8 aromatic carbocycles. The second kappa shape index (κ2) is 15.4. The average molecular weight is 834 g/mol. The van der Waals surface area contributed by atoms with Crippen molar-refractivity contribution in [3.8, 4) is 61.6 Å². The molecule has 0 unspecified atom stereocenters. The van der Waals surface area contributed by atoms with Crippen molar-refractivity contribution in [3.63, 3.8) is 0 Å². The number of benzene rings is 8. The van der Waals surface area contributed by atoms with Crippen molar-refractivity contribution in [2.75, 3.05) is 4.90 Å². The standard InChI is InChI=1S/C60H43N5/c1-60(2)53-37-47(64(45-18-10-5-11-19-45)46-25-21-42(22-26-46)40-14-6-3-7-15-40)27-29-50(53)59-52(56-39-61-32-33-63-56)36-48(38-54(59)60)65-57-30-24-44(55-20-12-13-31-62-55)34-51(57)49-28-23-43(35-58(49)65)41-16-8-4-9-17-41/h3-39H,1-2H3. The van der Waals surface area contributed by atoms with Gasteiger partial charge in [0.1, 0.15) is 0 Å². The molecule has 0 radical (unpaired) electrons. The third kappa shape index (κ3) is 6.51. The molecule has 0 amide bonds. The number of hydrogen-bond donors (Lipinski definition) is 0. The van der Waals surface area contributed by atoms with Crippen molar-refractivity contribution >= 4 is 38.9 Å². The summed E-state index contributed by atoms with van der Waals surface area (Å²) in [7, 11) is 0. The lowest BCUT2D eigenvalue weighted by Crippen LogP contribution is -2.17. The molecule has 0 spiro atoms. The topological polar surface area (TPSA) is 46.8 Å². The highest BCUT2D eigenvalue weighted by molar-refractivity contribution is 6.11. The minimum atomic E-state index is -0.368. The van der Waals surface area contributed by atoms with Crippen molar-refractivity contribution < 1.29 is 0 Å². The van der Waals surface area contributed by atoms with Gasteiger partial charge in [0, 0.05) is 68.7 Å². The van der Waals surface area contributed by atoms with Crippen LogP contribution in [0.15, 0.2) is 225 Å². The molecule has 1 aliphatic carbocycles. The van der Waals surface area contributed by atoms with Gasteiger partial charge in [0.25, 0.3) is 0 Å². The summed E-state index contributed by atoms with van der Waals surface area (Å²) in [6.07, 6.45) is 7.30. The lowest BCUT2D eigenvalue weighted by molar-refractivity contribution is 0.660. The Balaban J connectivity index is 1.06. The van der Waals surface area contributed by atoms with Gasteiger partial charge in [0.2, 0.25) is 0 Å². The molecule has 65 heavy (non-hydrogen) atoms. The zero-order chi connectivity index (χ0) is 43.5. The van der Waals surface area contributed by atoms with Crippen LogP contribution in [-0.2, 0) is 5.41 Å². The predicted octanol–water partition coefficient (Wildman–Crippen LogP) is 15.4. The number of fused-ring (bicyclic) bond motifs is 6. The quantitative estimate of drug-likeness (QED) is 0.153. The predicted molar refractivity (Wildman–Crippen MR) is 268 cm³/mol. The Bertz CT molecular complexity index is 3530. The number of rotatable bonds is 8. The van der Waals surface area contributed by atoms with Crippen LogP contribution in [0.5, 0.6) is 0 Å². The number of hydrogen-bond acceptors (Lipinski definition) is 4. The third-order valence-electron chi connectivity index (χ3n) is 13.2. The molecule has 0 fully saturated rings. The highest BCUT2D eigenvalue weighted by Crippen LogP contribution is 2.55. The van der Waals surface area contributed by atoms with Crippen LogP contribution in [0.3, 0.4) is 0 Å². The second-order valence-corrected chi connectivity index (χ2v) is 17.3. The third-order valence-corrected chi connectivity index (χ3v) is 13.2. The van der Waals surface area contributed by atoms with E-state index in [1.807, 2.05) is 24.5 Å². The van der Waals surface area contributed by atoms with Gasteiger partial charge in [-0.1, -0.05) is 135 Å². The van der Waals surface area contributed by atoms with Gasteiger partial charge in [0.05, 0.1) is 28.6 Å². The Morgan fingerprint density at radius 1 is 0.415 bits per heavy atom. The van der Waals surface area contributed by atoms with Crippen LogP contribution in [0.25, 0.3) is 83.4 Å². The summed E-state index contributed by atoms with van der Waals surface area (Å²) in [5.41, 5.74) is 19.9. The molecular weight excluding hydrogens is 791 g/mol. The SMILES string of the molecule is CC1(C)c2cc(N(c3ccccc3)c3ccc(-c4ccccc4)cc3)ccc2-c2c(-c3cnccn3)cc(-n3c4ccc(-c5ccccn5)cc4c4ccc(-c5ccccc5)cc43)cc21. The molecule has 12 rings (SSSR count). The van der Waals surface area contributed by atoms with Crippen LogP contribution in [0.2, 0.25) is 0 Å². The first-order valence-electron chi connectivity index (χ1n) is 22.2. The molecule has 1 aliphatic rings. The summed E-state index contributed by atoms with van der Waals surface area (Å²) in [6, 6.07) is 72.2. The van der Waals surface area contributed by atoms with Gasteiger partial charge >= 0.3 is 0 Å². The van der Waals surface area contributed by atoms with Crippen LogP contribution >= 0.6 is 0 Å². The summed E-state index contributed by atoms with van der Waals surface area (Å²) < 4.78 is 2.44. The maximum atomic E-state index is 4.96. The van der Waals surface area contributed by atoms with Gasteiger partial charge in [-0.2, -0.15) is 0 Å². The van der Waals surface area contributed by atoms with E-state index in [-0.39, 0.29) is 5.41 Å². The van der Waals surface area contributed by atoms with E-state index in [1.54, 1.807) is 12.4 Å². The summed E-state index contributed by atoms with van der Waals surface area (Å²) in [5, 5.41) is 2.36. The molecule has 0 saturated carbocycles. The molecule has 0 atom stereocenters. The second-order valence-electron chi connectivity index (χ2n) is 17.3. The largest absolute Gasteiger partial charge is 0.310 e. The highest BCUT2D eigenvalue weighted by Gasteiger charge is 2.39. The molecule has 0 N–H and O–H groups in total. The maximum absolute atomic E-state index is 4.96. The zero-order valence-corrected chi connectivity index (χ0v) is 36.1. The van der Waals surface area contributed by atoms with Crippen molar-refractivity contribution in [3.05, 3.63) is 236 Å². The van der Waals surface area contributed by atoms with Crippen molar-refractivity contribution in [1.29, 1.82) is 0 Å². The maximum Gasteiger partial charge on any atom is 0.0892 e. The fraction of sp³-hybridized carbons (Fsp3) is 0.0500. The first kappa shape index (κ1) is 38.3. The van der Waals surface area contributed by atoms with Gasteiger partial charge in [-0.3, -0.25) is 15.0 Å². The molecule has 3 aromatic heterocycles. The Morgan fingerprint density at radius 3 is 1.78 bits per heavy atom. The van der Waals surface area contributed by atoms with Crippen LogP contribution in [0, 0.1) is 0 Å². The van der Waals surface area contributed by atoms with E-state index < -0.39 is 0 Å². The number of aromatic nitrogens is 4. The lowest BCUT2D eigenvalue weighted by Gasteiger charge is -2.28. The minimum Gasteiger partial charge on any atom is -0.310 e. The molecule has 0 aliphatic heterocycles.